The molecule has 2 aromatic carbocycles. The molecule has 1 heterocycles. The van der Waals surface area contributed by atoms with Gasteiger partial charge in [-0.1, -0.05) is 30.3 Å². The normalized spacial score (nSPS) is 10.3. The maximum absolute atomic E-state index is 12.0. The SMILES string of the molecule is COc1ccc(OCc2nc(CC(=O)NCc3ccccc3)n[nH]2)cc1. The molecule has 3 aromatic rings. The number of aromatic amines is 1. The van der Waals surface area contributed by atoms with Crippen molar-refractivity contribution in [2.24, 2.45) is 0 Å². The highest BCUT2D eigenvalue weighted by molar-refractivity contribution is 5.77. The van der Waals surface area contributed by atoms with Crippen LogP contribution in [0.25, 0.3) is 0 Å². The maximum atomic E-state index is 12.0. The first kappa shape index (κ1) is 17.5. The summed E-state index contributed by atoms with van der Waals surface area (Å²) in [6, 6.07) is 17.0. The second kappa shape index (κ2) is 8.66. The Morgan fingerprint density at radius 2 is 1.81 bits per heavy atom. The van der Waals surface area contributed by atoms with Crippen LogP contribution < -0.4 is 14.8 Å². The van der Waals surface area contributed by atoms with Crippen molar-refractivity contribution in [2.75, 3.05) is 7.11 Å². The minimum absolute atomic E-state index is 0.117. The van der Waals surface area contributed by atoms with Crippen LogP contribution in [0.4, 0.5) is 0 Å². The van der Waals surface area contributed by atoms with Gasteiger partial charge in [-0.15, -0.1) is 0 Å². The number of amides is 1. The minimum Gasteiger partial charge on any atom is -0.497 e. The summed E-state index contributed by atoms with van der Waals surface area (Å²) in [5, 5.41) is 9.69. The van der Waals surface area contributed by atoms with Crippen molar-refractivity contribution in [3.63, 3.8) is 0 Å². The van der Waals surface area contributed by atoms with Crippen LogP contribution in [0, 0.1) is 0 Å². The van der Waals surface area contributed by atoms with Gasteiger partial charge >= 0.3 is 0 Å². The van der Waals surface area contributed by atoms with Gasteiger partial charge in [-0.25, -0.2) is 4.98 Å². The number of carbonyl (C=O) groups excluding carboxylic acids is 1. The predicted octanol–water partition coefficient (Wildman–Crippen LogP) is 2.25. The number of benzene rings is 2. The summed E-state index contributed by atoms with van der Waals surface area (Å²) in [5.41, 5.74) is 1.05. The lowest BCUT2D eigenvalue weighted by atomic mass is 10.2. The van der Waals surface area contributed by atoms with Crippen LogP contribution in [0.3, 0.4) is 0 Å². The number of nitrogens with zero attached hydrogens (tertiary/aromatic N) is 2. The van der Waals surface area contributed by atoms with Crippen molar-refractivity contribution in [2.45, 2.75) is 19.6 Å². The van der Waals surface area contributed by atoms with E-state index in [-0.39, 0.29) is 18.9 Å². The van der Waals surface area contributed by atoms with Gasteiger partial charge in [0.1, 0.15) is 18.1 Å². The molecule has 0 saturated carbocycles. The summed E-state index contributed by atoms with van der Waals surface area (Å²) < 4.78 is 10.7. The van der Waals surface area contributed by atoms with Gasteiger partial charge in [0, 0.05) is 6.54 Å². The number of H-pyrrole nitrogens is 1. The molecule has 0 aliphatic carbocycles. The Kier molecular flexibility index (Phi) is 5.82. The van der Waals surface area contributed by atoms with Crippen molar-refractivity contribution >= 4 is 5.91 Å². The first-order chi connectivity index (χ1) is 12.7. The summed E-state index contributed by atoms with van der Waals surface area (Å²) in [4.78, 5) is 16.3. The molecule has 0 saturated heterocycles. The zero-order chi connectivity index (χ0) is 18.2. The lowest BCUT2D eigenvalue weighted by Gasteiger charge is -2.05. The molecule has 0 bridgehead atoms. The van der Waals surface area contributed by atoms with E-state index in [0.717, 1.165) is 11.3 Å². The third kappa shape index (κ3) is 5.07. The second-order valence-electron chi connectivity index (χ2n) is 5.60. The number of aromatic nitrogens is 3. The summed E-state index contributed by atoms with van der Waals surface area (Å²) in [6.07, 6.45) is 0.117. The van der Waals surface area contributed by atoms with E-state index in [4.69, 9.17) is 9.47 Å². The number of carbonyl (C=O) groups is 1. The van der Waals surface area contributed by atoms with Crippen molar-refractivity contribution < 1.29 is 14.3 Å². The fourth-order valence-electron chi connectivity index (χ4n) is 2.30. The highest BCUT2D eigenvalue weighted by Gasteiger charge is 2.09. The van der Waals surface area contributed by atoms with Crippen LogP contribution in [0.2, 0.25) is 0 Å². The topological polar surface area (TPSA) is 89.1 Å². The minimum atomic E-state index is -0.129. The molecule has 7 heteroatoms. The molecule has 2 N–H and O–H groups in total. The number of nitrogens with one attached hydrogen (secondary N) is 2. The first-order valence-electron chi connectivity index (χ1n) is 8.20. The standard InChI is InChI=1S/C19H20N4O3/c1-25-15-7-9-16(10-8-15)26-13-18-21-17(22-23-18)11-19(24)20-12-14-5-3-2-4-6-14/h2-10H,11-13H2,1H3,(H,20,24)(H,21,22,23). The Morgan fingerprint density at radius 1 is 1.08 bits per heavy atom. The van der Waals surface area contributed by atoms with Gasteiger partial charge in [-0.3, -0.25) is 9.89 Å². The smallest absolute Gasteiger partial charge is 0.228 e. The Balaban J connectivity index is 1.45. The van der Waals surface area contributed by atoms with E-state index in [1.807, 2.05) is 54.6 Å². The Hall–Kier alpha value is -3.35. The zero-order valence-electron chi connectivity index (χ0n) is 14.4. The second-order valence-corrected chi connectivity index (χ2v) is 5.60. The molecule has 26 heavy (non-hydrogen) atoms. The van der Waals surface area contributed by atoms with Crippen LogP contribution in [0.1, 0.15) is 17.2 Å². The number of methoxy groups -OCH3 is 1. The Bertz CT molecular complexity index is 832. The highest BCUT2D eigenvalue weighted by atomic mass is 16.5. The monoisotopic (exact) mass is 352 g/mol. The molecule has 3 rings (SSSR count). The van der Waals surface area contributed by atoms with E-state index < -0.39 is 0 Å². The highest BCUT2D eigenvalue weighted by Crippen LogP contribution is 2.17. The number of hydrogen-bond donors (Lipinski definition) is 2. The largest absolute Gasteiger partial charge is 0.497 e. The fraction of sp³-hybridized carbons (Fsp3) is 0.211. The average molecular weight is 352 g/mol. The van der Waals surface area contributed by atoms with Crippen LogP contribution in [-0.4, -0.2) is 28.2 Å². The molecule has 134 valence electrons. The number of ether oxygens (including phenoxy) is 2. The first-order valence-corrected chi connectivity index (χ1v) is 8.20. The van der Waals surface area contributed by atoms with Gasteiger partial charge in [0.2, 0.25) is 5.91 Å². The van der Waals surface area contributed by atoms with Crippen molar-refractivity contribution in [3.05, 3.63) is 71.8 Å². The summed E-state index contributed by atoms with van der Waals surface area (Å²) >= 11 is 0. The molecule has 0 aliphatic heterocycles. The summed E-state index contributed by atoms with van der Waals surface area (Å²) in [7, 11) is 1.61. The van der Waals surface area contributed by atoms with Crippen LogP contribution in [0.15, 0.2) is 54.6 Å². The molecule has 0 aliphatic rings. The lowest BCUT2D eigenvalue weighted by molar-refractivity contribution is -0.120. The Morgan fingerprint density at radius 3 is 2.54 bits per heavy atom. The molecule has 7 nitrogen and oxygen atoms in total. The lowest BCUT2D eigenvalue weighted by Crippen LogP contribution is -2.25. The molecule has 0 spiro atoms. The van der Waals surface area contributed by atoms with E-state index in [9.17, 15) is 4.79 Å². The quantitative estimate of drug-likeness (QED) is 0.649. The molecule has 0 radical (unpaired) electrons. The van der Waals surface area contributed by atoms with Crippen LogP contribution >= 0.6 is 0 Å². The molecule has 1 aromatic heterocycles. The molecule has 1 amide bonds. The average Bonchev–Trinajstić information content (AvgIpc) is 3.13. The van der Waals surface area contributed by atoms with Gasteiger partial charge in [-0.2, -0.15) is 5.10 Å². The third-order valence-electron chi connectivity index (χ3n) is 3.66. The molecular formula is C19H20N4O3. The number of rotatable bonds is 8. The van der Waals surface area contributed by atoms with Gasteiger partial charge < -0.3 is 14.8 Å². The third-order valence-corrected chi connectivity index (χ3v) is 3.66. The van der Waals surface area contributed by atoms with Gasteiger partial charge in [-0.05, 0) is 29.8 Å². The molecule has 0 fully saturated rings. The summed E-state index contributed by atoms with van der Waals surface area (Å²) in [5.74, 6) is 2.33. The van der Waals surface area contributed by atoms with E-state index in [0.29, 0.717) is 23.9 Å². The van der Waals surface area contributed by atoms with Crippen LogP contribution in [-0.2, 0) is 24.4 Å². The molecule has 0 unspecified atom stereocenters. The molecule has 0 atom stereocenters. The van der Waals surface area contributed by atoms with Gasteiger partial charge in [0.05, 0.1) is 13.5 Å². The van der Waals surface area contributed by atoms with E-state index in [2.05, 4.69) is 20.5 Å². The fourth-order valence-corrected chi connectivity index (χ4v) is 2.30. The van der Waals surface area contributed by atoms with Gasteiger partial charge in [0.25, 0.3) is 0 Å². The van der Waals surface area contributed by atoms with Crippen molar-refractivity contribution in [1.82, 2.24) is 20.5 Å². The predicted molar refractivity (Wildman–Crippen MR) is 95.7 cm³/mol. The van der Waals surface area contributed by atoms with Crippen molar-refractivity contribution in [1.29, 1.82) is 0 Å². The van der Waals surface area contributed by atoms with E-state index >= 15 is 0 Å². The van der Waals surface area contributed by atoms with E-state index in [1.165, 1.54) is 0 Å². The Labute approximate surface area is 151 Å². The molecular weight excluding hydrogens is 332 g/mol. The zero-order valence-corrected chi connectivity index (χ0v) is 14.4. The summed E-state index contributed by atoms with van der Waals surface area (Å²) in [6.45, 7) is 0.725. The maximum Gasteiger partial charge on any atom is 0.228 e. The van der Waals surface area contributed by atoms with Crippen LogP contribution in [0.5, 0.6) is 11.5 Å². The van der Waals surface area contributed by atoms with E-state index in [1.54, 1.807) is 7.11 Å². The number of hydrogen-bond acceptors (Lipinski definition) is 5. The van der Waals surface area contributed by atoms with Crippen molar-refractivity contribution in [3.8, 4) is 11.5 Å². The van der Waals surface area contributed by atoms with Gasteiger partial charge in [0.15, 0.2) is 11.6 Å².